The van der Waals surface area contributed by atoms with Gasteiger partial charge in [0.25, 0.3) is 0 Å². The van der Waals surface area contributed by atoms with E-state index in [1.54, 1.807) is 9.24 Å². The zero-order valence-electron chi connectivity index (χ0n) is 9.10. The summed E-state index contributed by atoms with van der Waals surface area (Å²) < 4.78 is 53.2. The Morgan fingerprint density at radius 1 is 1.06 bits per heavy atom. The zero-order chi connectivity index (χ0) is 13.2. The number of likely N-dealkylation sites (N-methyl/N-ethyl adjacent to an activating group) is 1. The van der Waals surface area contributed by atoms with Gasteiger partial charge in [-0.1, -0.05) is 9.24 Å². The molecular weight excluding hydrogens is 257 g/mol. The van der Waals surface area contributed by atoms with E-state index < -0.39 is 34.1 Å². The molecule has 0 saturated heterocycles. The van der Waals surface area contributed by atoms with Crippen LogP contribution in [0.25, 0.3) is 0 Å². The highest BCUT2D eigenvalue weighted by atomic mass is 31.0. The van der Waals surface area contributed by atoms with Crippen molar-refractivity contribution in [2.45, 2.75) is 6.54 Å². The summed E-state index contributed by atoms with van der Waals surface area (Å²) in [6.07, 6.45) is 0. The molecule has 1 N–H and O–H groups in total. The van der Waals surface area contributed by atoms with Crippen molar-refractivity contribution in [3.05, 3.63) is 28.8 Å². The predicted molar refractivity (Wildman–Crippen MR) is 59.0 cm³/mol. The number of hydrogen-bond acceptors (Lipinski definition) is 2. The van der Waals surface area contributed by atoms with Crippen molar-refractivity contribution in [3.63, 3.8) is 0 Å². The number of hydrogen-bond donors (Lipinski definition) is 1. The van der Waals surface area contributed by atoms with Gasteiger partial charge in [-0.25, -0.2) is 17.6 Å². The Labute approximate surface area is 98.4 Å². The first-order chi connectivity index (χ1) is 7.90. The Morgan fingerprint density at radius 2 is 1.53 bits per heavy atom. The van der Waals surface area contributed by atoms with E-state index in [0.29, 0.717) is 0 Å². The fourth-order valence-electron chi connectivity index (χ4n) is 1.35. The van der Waals surface area contributed by atoms with Crippen LogP contribution in [0.2, 0.25) is 0 Å². The summed E-state index contributed by atoms with van der Waals surface area (Å²) in [5.41, 5.74) is -0.679. The largest absolute Gasteiger partial charge is 0.395 e. The third-order valence-corrected chi connectivity index (χ3v) is 2.80. The van der Waals surface area contributed by atoms with Crippen LogP contribution >= 0.6 is 9.24 Å². The smallest absolute Gasteiger partial charge is 0.169 e. The van der Waals surface area contributed by atoms with Crippen LogP contribution < -0.4 is 5.30 Å². The lowest BCUT2D eigenvalue weighted by Gasteiger charge is -2.17. The Hall–Kier alpha value is -0.710. The maximum Gasteiger partial charge on any atom is 0.169 e. The Balaban J connectivity index is 3.16. The monoisotopic (exact) mass is 269 g/mol. The van der Waals surface area contributed by atoms with E-state index in [2.05, 4.69) is 0 Å². The average Bonchev–Trinajstić information content (AvgIpc) is 2.30. The lowest BCUT2D eigenvalue weighted by molar-refractivity contribution is 0.213. The van der Waals surface area contributed by atoms with Crippen molar-refractivity contribution < 1.29 is 22.7 Å². The number of rotatable bonds is 4. The van der Waals surface area contributed by atoms with Crippen molar-refractivity contribution >= 4 is 14.5 Å². The molecule has 1 aromatic rings. The van der Waals surface area contributed by atoms with Crippen LogP contribution in [0.15, 0.2) is 0 Å². The molecule has 2 nitrogen and oxygen atoms in total. The van der Waals surface area contributed by atoms with Crippen LogP contribution in [0.4, 0.5) is 17.6 Å². The van der Waals surface area contributed by atoms with Crippen molar-refractivity contribution in [2.24, 2.45) is 0 Å². The van der Waals surface area contributed by atoms with Gasteiger partial charge in [-0.05, 0) is 7.05 Å². The molecule has 0 spiro atoms. The highest BCUT2D eigenvalue weighted by molar-refractivity contribution is 7.27. The van der Waals surface area contributed by atoms with E-state index in [1.807, 2.05) is 0 Å². The molecule has 0 radical (unpaired) electrons. The second kappa shape index (κ2) is 5.76. The minimum Gasteiger partial charge on any atom is -0.395 e. The first kappa shape index (κ1) is 14.4. The van der Waals surface area contributed by atoms with E-state index >= 15 is 0 Å². The molecule has 1 atom stereocenters. The molecule has 0 aliphatic rings. The summed E-state index contributed by atoms with van der Waals surface area (Å²) in [4.78, 5) is 1.35. The van der Waals surface area contributed by atoms with E-state index in [1.165, 1.54) is 11.9 Å². The molecule has 0 aliphatic carbocycles. The van der Waals surface area contributed by atoms with Gasteiger partial charge in [-0.3, -0.25) is 4.90 Å². The first-order valence-corrected chi connectivity index (χ1v) is 5.37. The number of benzene rings is 1. The van der Waals surface area contributed by atoms with Gasteiger partial charge in [0.05, 0.1) is 6.61 Å². The predicted octanol–water partition coefficient (Wildman–Crippen LogP) is 1.17. The zero-order valence-corrected chi connectivity index (χ0v) is 10.3. The van der Waals surface area contributed by atoms with Crippen molar-refractivity contribution in [2.75, 3.05) is 20.2 Å². The van der Waals surface area contributed by atoms with Gasteiger partial charge in [0.1, 0.15) is 0 Å². The molecule has 0 aromatic heterocycles. The highest BCUT2D eigenvalue weighted by Crippen LogP contribution is 2.20. The van der Waals surface area contributed by atoms with Gasteiger partial charge in [-0.15, -0.1) is 0 Å². The standard InChI is InChI=1S/C10H12F4NOP/c1-15(2-3-16)4-5-6(11)8(13)10(17)9(14)7(5)12/h16H,2-4,17H2,1H3. The van der Waals surface area contributed by atoms with Crippen LogP contribution in [-0.4, -0.2) is 30.2 Å². The summed E-state index contributed by atoms with van der Waals surface area (Å²) >= 11 is 0. The van der Waals surface area contributed by atoms with E-state index in [4.69, 9.17) is 5.11 Å². The van der Waals surface area contributed by atoms with Gasteiger partial charge in [-0.2, -0.15) is 0 Å². The lowest BCUT2D eigenvalue weighted by atomic mass is 10.1. The minimum absolute atomic E-state index is 0.144. The molecule has 0 fully saturated rings. The fourth-order valence-corrected chi connectivity index (χ4v) is 1.61. The molecule has 0 saturated carbocycles. The Morgan fingerprint density at radius 3 is 1.94 bits per heavy atom. The van der Waals surface area contributed by atoms with E-state index in [-0.39, 0.29) is 19.7 Å². The Kier molecular flexibility index (Phi) is 4.86. The van der Waals surface area contributed by atoms with Gasteiger partial charge >= 0.3 is 0 Å². The highest BCUT2D eigenvalue weighted by Gasteiger charge is 2.23. The quantitative estimate of drug-likeness (QED) is 0.504. The molecule has 0 amide bonds. The molecule has 0 heterocycles. The lowest BCUT2D eigenvalue weighted by Crippen LogP contribution is -2.25. The molecule has 1 aromatic carbocycles. The minimum atomic E-state index is -1.42. The summed E-state index contributed by atoms with van der Waals surface area (Å²) in [5, 5.41) is 7.87. The molecule has 17 heavy (non-hydrogen) atoms. The SMILES string of the molecule is CN(CCO)Cc1c(F)c(F)c(P)c(F)c1F. The second-order valence-electron chi connectivity index (χ2n) is 3.61. The second-order valence-corrected chi connectivity index (χ2v) is 4.19. The molecular formula is C10H12F4NOP. The van der Waals surface area contributed by atoms with Crippen molar-refractivity contribution in [1.29, 1.82) is 0 Å². The summed E-state index contributed by atoms with van der Waals surface area (Å²) in [6.45, 7) is -0.395. The molecule has 7 heteroatoms. The van der Waals surface area contributed by atoms with E-state index in [0.717, 1.165) is 0 Å². The van der Waals surface area contributed by atoms with Crippen LogP contribution in [0.5, 0.6) is 0 Å². The Bertz CT molecular complexity index is 398. The van der Waals surface area contributed by atoms with Crippen LogP contribution in [0.1, 0.15) is 5.56 Å². The van der Waals surface area contributed by atoms with Crippen LogP contribution in [0, 0.1) is 23.3 Å². The topological polar surface area (TPSA) is 23.5 Å². The fraction of sp³-hybridized carbons (Fsp3) is 0.400. The van der Waals surface area contributed by atoms with Crippen LogP contribution in [-0.2, 0) is 6.54 Å². The maximum atomic E-state index is 13.4. The number of aliphatic hydroxyl groups is 1. The molecule has 0 bridgehead atoms. The third kappa shape index (κ3) is 2.94. The molecule has 0 aliphatic heterocycles. The normalized spacial score (nSPS) is 11.3. The molecule has 1 unspecified atom stereocenters. The maximum absolute atomic E-state index is 13.4. The first-order valence-electron chi connectivity index (χ1n) is 4.79. The summed E-state index contributed by atoms with van der Waals surface area (Å²) in [7, 11) is 3.09. The third-order valence-electron chi connectivity index (χ3n) is 2.30. The van der Waals surface area contributed by atoms with Crippen LogP contribution in [0.3, 0.4) is 0 Å². The number of nitrogens with zero attached hydrogens (tertiary/aromatic N) is 1. The van der Waals surface area contributed by atoms with E-state index in [9.17, 15) is 17.6 Å². The number of aliphatic hydroxyl groups excluding tert-OH is 1. The van der Waals surface area contributed by atoms with Gasteiger partial charge < -0.3 is 5.11 Å². The number of halogens is 4. The summed E-state index contributed by atoms with van der Waals surface area (Å²) in [5.74, 6) is -5.64. The van der Waals surface area contributed by atoms with Crippen molar-refractivity contribution in [1.82, 2.24) is 4.90 Å². The van der Waals surface area contributed by atoms with Gasteiger partial charge in [0.15, 0.2) is 23.3 Å². The van der Waals surface area contributed by atoms with Crippen molar-refractivity contribution in [3.8, 4) is 0 Å². The average molecular weight is 269 g/mol. The summed E-state index contributed by atoms with van der Waals surface area (Å²) in [6, 6.07) is 0. The van der Waals surface area contributed by atoms with Gasteiger partial charge in [0.2, 0.25) is 0 Å². The molecule has 96 valence electrons. The molecule has 1 rings (SSSR count). The van der Waals surface area contributed by atoms with Gasteiger partial charge in [0, 0.05) is 24.0 Å².